The van der Waals surface area contributed by atoms with Gasteiger partial charge in [-0.3, -0.25) is 4.79 Å². The van der Waals surface area contributed by atoms with E-state index < -0.39 is 17.7 Å². The van der Waals surface area contributed by atoms with Crippen LogP contribution in [0.2, 0.25) is 0 Å². The number of carbonyl (C=O) groups is 2. The molecular formula is C22H18FNO5S. The fraction of sp³-hybridized carbons (Fsp3) is 0.182. The Morgan fingerprint density at radius 1 is 1.20 bits per heavy atom. The molecule has 8 heteroatoms. The summed E-state index contributed by atoms with van der Waals surface area (Å²) in [5.41, 5.74) is 1.82. The molecule has 0 saturated carbocycles. The molecule has 3 aromatic rings. The number of methoxy groups -OCH3 is 2. The molecule has 1 aliphatic rings. The van der Waals surface area contributed by atoms with Gasteiger partial charge in [0.2, 0.25) is 5.91 Å². The van der Waals surface area contributed by atoms with Crippen LogP contribution in [0.4, 0.5) is 10.1 Å². The molecule has 30 heavy (non-hydrogen) atoms. The molecule has 6 nitrogen and oxygen atoms in total. The highest BCUT2D eigenvalue weighted by atomic mass is 32.1. The second-order valence-corrected chi connectivity index (χ2v) is 7.83. The molecule has 2 aromatic carbocycles. The van der Waals surface area contributed by atoms with Crippen molar-refractivity contribution in [2.45, 2.75) is 12.3 Å². The smallest absolute Gasteiger partial charge is 0.346 e. The Labute approximate surface area is 175 Å². The molecule has 2 N–H and O–H groups in total. The number of rotatable bonds is 5. The van der Waals surface area contributed by atoms with Crippen LogP contribution < -0.4 is 14.8 Å². The van der Waals surface area contributed by atoms with Gasteiger partial charge in [0.1, 0.15) is 22.2 Å². The van der Waals surface area contributed by atoms with Crippen LogP contribution in [-0.4, -0.2) is 31.2 Å². The standard InChI is InChI=1S/C22H18FNO5S/c1-28-13-6-7-16(29-2)14(9-13)15-10-17(25)24-19-18(11-4-3-5-12(23)8-11)21(22(26)27)30-20(15)19/h3-9,15H,10H2,1-2H3,(H,24,25)(H,26,27)/t15-/m1/s1. The molecule has 1 aromatic heterocycles. The number of hydrogen-bond acceptors (Lipinski definition) is 5. The maximum absolute atomic E-state index is 13.9. The molecule has 0 radical (unpaired) electrons. The first-order valence-corrected chi connectivity index (χ1v) is 9.92. The lowest BCUT2D eigenvalue weighted by Gasteiger charge is -2.25. The van der Waals surface area contributed by atoms with Crippen LogP contribution in [0.15, 0.2) is 42.5 Å². The van der Waals surface area contributed by atoms with Crippen molar-refractivity contribution in [3.63, 3.8) is 0 Å². The van der Waals surface area contributed by atoms with Crippen LogP contribution in [0.25, 0.3) is 11.1 Å². The first-order valence-electron chi connectivity index (χ1n) is 9.10. The number of thiophene rings is 1. The fourth-order valence-electron chi connectivity index (χ4n) is 3.72. The molecule has 0 saturated heterocycles. The van der Waals surface area contributed by atoms with Crippen LogP contribution in [0.1, 0.15) is 32.5 Å². The van der Waals surface area contributed by atoms with Crippen molar-refractivity contribution in [1.29, 1.82) is 0 Å². The van der Waals surface area contributed by atoms with E-state index in [2.05, 4.69) is 5.32 Å². The molecule has 0 aliphatic carbocycles. The normalized spacial score (nSPS) is 15.3. The number of carboxylic acid groups (broad SMARTS) is 1. The van der Waals surface area contributed by atoms with Crippen molar-refractivity contribution in [3.8, 4) is 22.6 Å². The Kier molecular flexibility index (Phi) is 5.17. The van der Waals surface area contributed by atoms with E-state index in [1.165, 1.54) is 25.3 Å². The van der Waals surface area contributed by atoms with Gasteiger partial charge in [0.05, 0.1) is 19.9 Å². The van der Waals surface area contributed by atoms with Crippen molar-refractivity contribution < 1.29 is 28.6 Å². The molecular weight excluding hydrogens is 409 g/mol. The number of amides is 1. The van der Waals surface area contributed by atoms with Gasteiger partial charge in [-0.2, -0.15) is 0 Å². The van der Waals surface area contributed by atoms with Crippen LogP contribution >= 0.6 is 11.3 Å². The van der Waals surface area contributed by atoms with Crippen molar-refractivity contribution in [3.05, 3.63) is 63.6 Å². The van der Waals surface area contributed by atoms with E-state index in [0.29, 0.717) is 33.2 Å². The van der Waals surface area contributed by atoms with Gasteiger partial charge in [0.25, 0.3) is 0 Å². The lowest BCUT2D eigenvalue weighted by atomic mass is 9.88. The molecule has 4 rings (SSSR count). The number of anilines is 1. The van der Waals surface area contributed by atoms with Crippen molar-refractivity contribution in [2.24, 2.45) is 0 Å². The van der Waals surface area contributed by atoms with E-state index in [4.69, 9.17) is 9.47 Å². The number of hydrogen-bond donors (Lipinski definition) is 2. The molecule has 0 fully saturated rings. The number of carbonyl (C=O) groups excluding carboxylic acids is 1. The summed E-state index contributed by atoms with van der Waals surface area (Å²) < 4.78 is 24.7. The zero-order chi connectivity index (χ0) is 21.4. The number of benzene rings is 2. The Hall–Kier alpha value is -3.39. The quantitative estimate of drug-likeness (QED) is 0.614. The average molecular weight is 427 g/mol. The van der Waals surface area contributed by atoms with Gasteiger partial charge in [-0.05, 0) is 35.9 Å². The van der Waals surface area contributed by atoms with E-state index >= 15 is 0 Å². The predicted molar refractivity (Wildman–Crippen MR) is 111 cm³/mol. The van der Waals surface area contributed by atoms with Crippen LogP contribution in [-0.2, 0) is 4.79 Å². The highest BCUT2D eigenvalue weighted by Gasteiger charge is 2.36. The topological polar surface area (TPSA) is 84.9 Å². The van der Waals surface area contributed by atoms with E-state index in [1.54, 1.807) is 31.4 Å². The Morgan fingerprint density at radius 3 is 2.67 bits per heavy atom. The minimum absolute atomic E-state index is 0.0414. The van der Waals surface area contributed by atoms with E-state index in [9.17, 15) is 19.1 Å². The average Bonchev–Trinajstić information content (AvgIpc) is 3.12. The van der Waals surface area contributed by atoms with Gasteiger partial charge in [0.15, 0.2) is 0 Å². The SMILES string of the molecule is COc1ccc(OC)c([C@H]2CC(=O)Nc3c2sc(C(=O)O)c3-c2cccc(F)c2)c1. The van der Waals surface area contributed by atoms with Crippen molar-refractivity contribution in [1.82, 2.24) is 0 Å². The fourth-order valence-corrected chi connectivity index (χ4v) is 4.96. The van der Waals surface area contributed by atoms with E-state index in [0.717, 1.165) is 16.9 Å². The summed E-state index contributed by atoms with van der Waals surface area (Å²) in [4.78, 5) is 25.3. The third-order valence-electron chi connectivity index (χ3n) is 5.03. The second kappa shape index (κ2) is 7.79. The summed E-state index contributed by atoms with van der Waals surface area (Å²) in [5, 5.41) is 12.6. The number of halogens is 1. The zero-order valence-corrected chi connectivity index (χ0v) is 17.0. The Bertz CT molecular complexity index is 1160. The van der Waals surface area contributed by atoms with Crippen LogP contribution in [0.5, 0.6) is 11.5 Å². The number of carboxylic acids is 1. The number of nitrogens with one attached hydrogen (secondary N) is 1. The van der Waals surface area contributed by atoms with Gasteiger partial charge >= 0.3 is 5.97 Å². The molecule has 0 bridgehead atoms. The largest absolute Gasteiger partial charge is 0.497 e. The molecule has 1 aliphatic heterocycles. The third-order valence-corrected chi connectivity index (χ3v) is 6.32. The van der Waals surface area contributed by atoms with Gasteiger partial charge in [-0.25, -0.2) is 9.18 Å². The summed E-state index contributed by atoms with van der Waals surface area (Å²) >= 11 is 1.08. The predicted octanol–water partition coefficient (Wildman–Crippen LogP) is 4.74. The molecule has 1 amide bonds. The lowest BCUT2D eigenvalue weighted by molar-refractivity contribution is -0.116. The van der Waals surface area contributed by atoms with E-state index in [1.807, 2.05) is 0 Å². The highest BCUT2D eigenvalue weighted by Crippen LogP contribution is 2.51. The van der Waals surface area contributed by atoms with Crippen molar-refractivity contribution >= 4 is 28.9 Å². The second-order valence-electron chi connectivity index (χ2n) is 6.77. The van der Waals surface area contributed by atoms with Gasteiger partial charge in [-0.1, -0.05) is 12.1 Å². The minimum atomic E-state index is -1.14. The van der Waals surface area contributed by atoms with Gasteiger partial charge < -0.3 is 19.9 Å². The molecule has 1 atom stereocenters. The van der Waals surface area contributed by atoms with Crippen LogP contribution in [0.3, 0.4) is 0 Å². The summed E-state index contributed by atoms with van der Waals surface area (Å²) in [7, 11) is 3.07. The molecule has 154 valence electrons. The first kappa shape index (κ1) is 19.9. The summed E-state index contributed by atoms with van der Waals surface area (Å²) in [6.45, 7) is 0. The van der Waals surface area contributed by atoms with Gasteiger partial charge in [0, 0.05) is 28.3 Å². The summed E-state index contributed by atoms with van der Waals surface area (Å²) in [6, 6.07) is 11.0. The Balaban J connectivity index is 1.96. The third kappa shape index (κ3) is 3.39. The number of fused-ring (bicyclic) bond motifs is 1. The Morgan fingerprint density at radius 2 is 2.00 bits per heavy atom. The van der Waals surface area contributed by atoms with Crippen LogP contribution in [0, 0.1) is 5.82 Å². The zero-order valence-electron chi connectivity index (χ0n) is 16.2. The molecule has 2 heterocycles. The monoisotopic (exact) mass is 427 g/mol. The van der Waals surface area contributed by atoms with Gasteiger partial charge in [-0.15, -0.1) is 11.3 Å². The summed E-state index contributed by atoms with van der Waals surface area (Å²) in [6.07, 6.45) is 0.124. The number of ether oxygens (including phenoxy) is 2. The van der Waals surface area contributed by atoms with E-state index in [-0.39, 0.29) is 17.2 Å². The first-order chi connectivity index (χ1) is 14.4. The summed E-state index contributed by atoms with van der Waals surface area (Å²) in [5.74, 6) is -1.15. The minimum Gasteiger partial charge on any atom is -0.497 e. The maximum atomic E-state index is 13.9. The highest BCUT2D eigenvalue weighted by molar-refractivity contribution is 7.15. The maximum Gasteiger partial charge on any atom is 0.346 e. The number of aromatic carboxylic acids is 1. The molecule has 0 unspecified atom stereocenters. The lowest BCUT2D eigenvalue weighted by Crippen LogP contribution is -2.22. The molecule has 0 spiro atoms. The van der Waals surface area contributed by atoms with Crippen molar-refractivity contribution in [2.75, 3.05) is 19.5 Å².